The quantitative estimate of drug-likeness (QED) is 0.0194. The van der Waals surface area contributed by atoms with Crippen LogP contribution in [0.5, 0.6) is 0 Å². The van der Waals surface area contributed by atoms with Crippen molar-refractivity contribution in [3.05, 3.63) is 72.9 Å². The Balaban J connectivity index is 4.22. The van der Waals surface area contributed by atoms with Gasteiger partial charge < -0.3 is 24.4 Å². The molecule has 0 spiro atoms. The lowest BCUT2D eigenvalue weighted by Crippen LogP contribution is -2.29. The molecule has 0 amide bonds. The number of hydrogen-bond acceptors (Lipinski definition) is 7. The third kappa shape index (κ3) is 38.5. The Hall–Kier alpha value is -2.55. The fourth-order valence-electron chi connectivity index (χ4n) is 4.95. The smallest absolute Gasteiger partial charge is 0.462 e. The van der Waals surface area contributed by atoms with E-state index in [0.29, 0.717) is 6.42 Å². The predicted octanol–water partition coefficient (Wildman–Crippen LogP) is 10.5. The predicted molar refractivity (Wildman–Crippen MR) is 208 cm³/mol. The lowest BCUT2D eigenvalue weighted by molar-refractivity contribution is -0.161. The monoisotopic (exact) mass is 736 g/mol. The van der Waals surface area contributed by atoms with Gasteiger partial charge in [-0.1, -0.05) is 164 Å². The van der Waals surface area contributed by atoms with Gasteiger partial charge in [0.05, 0.1) is 12.7 Å². The number of esters is 2. The number of rotatable bonds is 34. The molecule has 10 heteroatoms. The number of unbranched alkanes of at least 4 members (excludes halogenated alkanes) is 12. The lowest BCUT2D eigenvalue weighted by Gasteiger charge is -2.18. The van der Waals surface area contributed by atoms with Crippen LogP contribution in [0.1, 0.15) is 149 Å². The summed E-state index contributed by atoms with van der Waals surface area (Å²) in [6, 6.07) is 0. The van der Waals surface area contributed by atoms with Gasteiger partial charge in [0.2, 0.25) is 0 Å². The maximum absolute atomic E-state index is 12.4. The zero-order chi connectivity index (χ0) is 37.7. The Labute approximate surface area is 309 Å². The number of aliphatic hydroxyl groups excluding tert-OH is 1. The highest BCUT2D eigenvalue weighted by atomic mass is 31.2. The maximum atomic E-state index is 12.4. The van der Waals surface area contributed by atoms with Crippen LogP contribution >= 0.6 is 7.82 Å². The van der Waals surface area contributed by atoms with Crippen molar-refractivity contribution in [1.82, 2.24) is 0 Å². The van der Waals surface area contributed by atoms with E-state index in [1.807, 2.05) is 12.2 Å². The average Bonchev–Trinajstić information content (AvgIpc) is 3.09. The summed E-state index contributed by atoms with van der Waals surface area (Å²) in [7, 11) is -4.81. The van der Waals surface area contributed by atoms with Gasteiger partial charge in [0.1, 0.15) is 6.61 Å². The number of carbonyl (C=O) groups excluding carboxylic acids is 2. The number of phosphoric acid groups is 1. The summed E-state index contributed by atoms with van der Waals surface area (Å²) < 4.78 is 26.1. The van der Waals surface area contributed by atoms with Gasteiger partial charge in [-0.15, -0.1) is 0 Å². The molecule has 2 atom stereocenters. The highest BCUT2D eigenvalue weighted by molar-refractivity contribution is 7.46. The number of aliphatic hydroxyl groups is 1. The van der Waals surface area contributed by atoms with Gasteiger partial charge in [-0.2, -0.15) is 0 Å². The van der Waals surface area contributed by atoms with Crippen LogP contribution in [0.15, 0.2) is 72.9 Å². The number of carbonyl (C=O) groups is 2. The Morgan fingerprint density at radius 3 is 1.61 bits per heavy atom. The zero-order valence-electron chi connectivity index (χ0n) is 31.6. The van der Waals surface area contributed by atoms with Crippen LogP contribution in [-0.4, -0.2) is 52.3 Å². The van der Waals surface area contributed by atoms with Gasteiger partial charge in [0.25, 0.3) is 0 Å². The summed E-state index contributed by atoms with van der Waals surface area (Å²) in [5.74, 6) is -1.17. The van der Waals surface area contributed by atoms with Crippen molar-refractivity contribution in [2.24, 2.45) is 0 Å². The summed E-state index contributed by atoms with van der Waals surface area (Å²) in [6.07, 6.45) is 42.4. The molecule has 0 aliphatic carbocycles. The van der Waals surface area contributed by atoms with Crippen LogP contribution in [-0.2, 0) is 28.2 Å². The van der Waals surface area contributed by atoms with E-state index in [0.717, 1.165) is 51.4 Å². The number of ether oxygens (including phenoxy) is 2. The van der Waals surface area contributed by atoms with E-state index < -0.39 is 45.2 Å². The standard InChI is InChI=1S/C41H69O9P/c1-3-5-7-9-11-13-15-17-18-19-21-22-24-26-28-30-32-38(42)34-35-40(43)48-36-39(37-49-51(45,46)47)50-41(44)33-31-29-27-25-23-20-16-14-12-10-8-6-4-2/h5,7,11,13,17-18,21-22,26,28,30,32,38-39,42H,3-4,6,8-10,12,14-16,19-20,23-25,27,29,31,33-37H2,1-2H3,(H2,45,46,47)/b7-5-,13-11-,18-17-,22-21-,28-26-,32-30-/t38?,39-/m1/s1. The van der Waals surface area contributed by atoms with Crippen molar-refractivity contribution in [2.45, 2.75) is 161 Å². The van der Waals surface area contributed by atoms with E-state index in [4.69, 9.17) is 19.3 Å². The number of hydrogen-bond donors (Lipinski definition) is 3. The zero-order valence-corrected chi connectivity index (χ0v) is 32.5. The summed E-state index contributed by atoms with van der Waals surface area (Å²) in [5, 5.41) is 10.2. The summed E-state index contributed by atoms with van der Waals surface area (Å²) >= 11 is 0. The molecule has 0 aromatic rings. The summed E-state index contributed by atoms with van der Waals surface area (Å²) in [5.41, 5.74) is 0. The molecule has 0 heterocycles. The fraction of sp³-hybridized carbons (Fsp3) is 0.659. The van der Waals surface area contributed by atoms with Crippen LogP contribution in [0.25, 0.3) is 0 Å². The van der Waals surface area contributed by atoms with Crippen molar-refractivity contribution < 1.29 is 43.0 Å². The SMILES string of the molecule is CC/C=C\C/C=C\C/C=C\C/C=C\C/C=C\C=C/C(O)CCC(=O)OC[C@H](COP(=O)(O)O)OC(=O)CCCCCCCCCCCCCCC. The van der Waals surface area contributed by atoms with Crippen molar-refractivity contribution in [3.63, 3.8) is 0 Å². The fourth-order valence-corrected chi connectivity index (χ4v) is 5.31. The van der Waals surface area contributed by atoms with E-state index in [9.17, 15) is 19.3 Å². The molecule has 0 bridgehead atoms. The minimum absolute atomic E-state index is 0.0872. The molecule has 1 unspecified atom stereocenters. The third-order valence-corrected chi connectivity index (χ3v) is 8.34. The molecule has 292 valence electrons. The molecule has 0 rings (SSSR count). The van der Waals surface area contributed by atoms with Crippen LogP contribution < -0.4 is 0 Å². The van der Waals surface area contributed by atoms with Crippen molar-refractivity contribution >= 4 is 19.8 Å². The Bertz CT molecular complexity index is 1070. The Morgan fingerprint density at radius 2 is 1.10 bits per heavy atom. The molecule has 0 aromatic carbocycles. The van der Waals surface area contributed by atoms with Crippen molar-refractivity contribution in [3.8, 4) is 0 Å². The number of phosphoric ester groups is 1. The van der Waals surface area contributed by atoms with Gasteiger partial charge in [-0.3, -0.25) is 14.1 Å². The van der Waals surface area contributed by atoms with E-state index in [1.54, 1.807) is 12.2 Å². The second kappa shape index (κ2) is 35.8. The molecule has 0 saturated heterocycles. The van der Waals surface area contributed by atoms with Crippen molar-refractivity contribution in [2.75, 3.05) is 13.2 Å². The molecule has 51 heavy (non-hydrogen) atoms. The van der Waals surface area contributed by atoms with Gasteiger partial charge in [0, 0.05) is 12.8 Å². The first-order valence-electron chi connectivity index (χ1n) is 19.3. The highest BCUT2D eigenvalue weighted by Crippen LogP contribution is 2.36. The molecule has 0 aliphatic rings. The minimum atomic E-state index is -4.81. The third-order valence-electron chi connectivity index (χ3n) is 7.86. The molecular formula is C41H69O9P. The van der Waals surface area contributed by atoms with Gasteiger partial charge >= 0.3 is 19.8 Å². The molecule has 0 aliphatic heterocycles. The van der Waals surface area contributed by atoms with Crippen LogP contribution in [0.3, 0.4) is 0 Å². The molecule has 0 saturated carbocycles. The summed E-state index contributed by atoms with van der Waals surface area (Å²) in [6.45, 7) is 3.34. The molecule has 0 radical (unpaired) electrons. The molecular weight excluding hydrogens is 667 g/mol. The molecule has 3 N–H and O–H groups in total. The molecule has 9 nitrogen and oxygen atoms in total. The van der Waals surface area contributed by atoms with Crippen LogP contribution in [0.4, 0.5) is 0 Å². The van der Waals surface area contributed by atoms with Crippen LogP contribution in [0, 0.1) is 0 Å². The Kier molecular flexibility index (Phi) is 34.0. The van der Waals surface area contributed by atoms with E-state index in [2.05, 4.69) is 67.0 Å². The first-order chi connectivity index (χ1) is 24.7. The minimum Gasteiger partial charge on any atom is -0.462 e. The van der Waals surface area contributed by atoms with Gasteiger partial charge in [-0.25, -0.2) is 4.57 Å². The first kappa shape index (κ1) is 48.5. The van der Waals surface area contributed by atoms with E-state index in [1.165, 1.54) is 57.8 Å². The highest BCUT2D eigenvalue weighted by Gasteiger charge is 2.23. The maximum Gasteiger partial charge on any atom is 0.469 e. The second-order valence-corrected chi connectivity index (χ2v) is 14.0. The van der Waals surface area contributed by atoms with Crippen LogP contribution in [0.2, 0.25) is 0 Å². The average molecular weight is 737 g/mol. The normalized spacial score (nSPS) is 13.9. The first-order valence-corrected chi connectivity index (χ1v) is 20.9. The Morgan fingerprint density at radius 1 is 0.608 bits per heavy atom. The van der Waals surface area contributed by atoms with Gasteiger partial charge in [0.15, 0.2) is 6.10 Å². The summed E-state index contributed by atoms with van der Waals surface area (Å²) in [4.78, 5) is 42.7. The second-order valence-electron chi connectivity index (χ2n) is 12.7. The largest absolute Gasteiger partial charge is 0.469 e. The van der Waals surface area contributed by atoms with E-state index >= 15 is 0 Å². The lowest BCUT2D eigenvalue weighted by atomic mass is 10.0. The number of allylic oxidation sites excluding steroid dienone is 11. The topological polar surface area (TPSA) is 140 Å². The van der Waals surface area contributed by atoms with Crippen molar-refractivity contribution in [1.29, 1.82) is 0 Å². The van der Waals surface area contributed by atoms with Gasteiger partial charge in [-0.05, 0) is 44.9 Å². The molecule has 0 fully saturated rings. The van der Waals surface area contributed by atoms with E-state index in [-0.39, 0.29) is 19.3 Å². The molecule has 0 aromatic heterocycles.